The van der Waals surface area contributed by atoms with Crippen molar-refractivity contribution < 1.29 is 9.31 Å². The number of hydrogen-bond donors (Lipinski definition) is 0. The minimum atomic E-state index is -1.67. The Morgan fingerprint density at radius 1 is 0.950 bits per heavy atom. The van der Waals surface area contributed by atoms with Crippen LogP contribution in [0.5, 0.6) is 0 Å². The van der Waals surface area contributed by atoms with Gasteiger partial charge in [-0.1, -0.05) is 43.4 Å². The molecule has 106 valence electrons. The highest BCUT2D eigenvalue weighted by Crippen LogP contribution is 2.41. The molecule has 1 aromatic rings. The lowest BCUT2D eigenvalue weighted by Gasteiger charge is -2.32. The van der Waals surface area contributed by atoms with Crippen molar-refractivity contribution in [2.75, 3.05) is 0 Å². The van der Waals surface area contributed by atoms with Gasteiger partial charge in [-0.15, -0.1) is 0 Å². The van der Waals surface area contributed by atoms with E-state index in [0.717, 1.165) is 0 Å². The normalized spacial score (nSPS) is 25.5. The van der Waals surface area contributed by atoms with E-state index in [9.17, 15) is 0 Å². The Balaban J connectivity index is 1.99. The fourth-order valence-corrected chi connectivity index (χ4v) is 5.95. The maximum atomic E-state index is 6.26. The van der Waals surface area contributed by atoms with Crippen molar-refractivity contribution in [3.63, 3.8) is 0 Å². The first-order valence-electron chi connectivity index (χ1n) is 7.32. The highest BCUT2D eigenvalue weighted by atomic mass is 28.3. The highest BCUT2D eigenvalue weighted by molar-refractivity contribution is 7.06. The van der Waals surface area contributed by atoms with E-state index in [1.165, 1.54) is 15.8 Å². The van der Waals surface area contributed by atoms with Crippen LogP contribution < -0.4 is 5.19 Å². The third kappa shape index (κ3) is 1.85. The van der Waals surface area contributed by atoms with Gasteiger partial charge in [0.25, 0.3) is 0 Å². The number of rotatable bonds is 1. The maximum absolute atomic E-state index is 6.26. The standard InChI is InChI=1S/C16H23BO2Si/c1-15(2)16(3,4)19-17(18-15)14-11-12-9-7-8-10-13(12)20(14,5)6/h7-11H,1-6H3. The average Bonchev–Trinajstić information content (AvgIpc) is 2.71. The average molecular weight is 286 g/mol. The lowest BCUT2D eigenvalue weighted by atomic mass is 9.88. The third-order valence-corrected chi connectivity index (χ3v) is 8.80. The Bertz CT molecular complexity index is 574. The summed E-state index contributed by atoms with van der Waals surface area (Å²) < 4.78 is 12.5. The predicted molar refractivity (Wildman–Crippen MR) is 87.6 cm³/mol. The molecule has 2 heterocycles. The lowest BCUT2D eigenvalue weighted by molar-refractivity contribution is 0.00578. The molecule has 0 amide bonds. The monoisotopic (exact) mass is 286 g/mol. The zero-order valence-electron chi connectivity index (χ0n) is 13.3. The van der Waals surface area contributed by atoms with E-state index in [2.05, 4.69) is 71.1 Å². The van der Waals surface area contributed by atoms with Crippen LogP contribution in [-0.4, -0.2) is 26.4 Å². The molecule has 1 aromatic carbocycles. The first-order chi connectivity index (χ1) is 9.15. The molecule has 4 heteroatoms. The second-order valence-electron chi connectivity index (χ2n) is 7.40. The summed E-state index contributed by atoms with van der Waals surface area (Å²) in [5.41, 5.74) is 0.809. The summed E-state index contributed by atoms with van der Waals surface area (Å²) in [5, 5.41) is 2.85. The fourth-order valence-electron chi connectivity index (χ4n) is 3.03. The summed E-state index contributed by atoms with van der Waals surface area (Å²) in [7, 11) is -1.87. The van der Waals surface area contributed by atoms with E-state index in [1.54, 1.807) is 0 Å². The van der Waals surface area contributed by atoms with E-state index in [4.69, 9.17) is 9.31 Å². The molecule has 0 aromatic heterocycles. The molecule has 2 nitrogen and oxygen atoms in total. The molecule has 2 aliphatic heterocycles. The van der Waals surface area contributed by atoms with Gasteiger partial charge in [0.05, 0.1) is 11.2 Å². The van der Waals surface area contributed by atoms with Gasteiger partial charge in [-0.3, -0.25) is 0 Å². The van der Waals surface area contributed by atoms with Gasteiger partial charge >= 0.3 is 7.12 Å². The molecular weight excluding hydrogens is 263 g/mol. The van der Waals surface area contributed by atoms with Crippen molar-refractivity contribution in [2.45, 2.75) is 52.0 Å². The second kappa shape index (κ2) is 4.09. The van der Waals surface area contributed by atoms with Gasteiger partial charge < -0.3 is 9.31 Å². The lowest BCUT2D eigenvalue weighted by Crippen LogP contribution is -2.47. The molecular formula is C16H23BO2Si. The highest BCUT2D eigenvalue weighted by Gasteiger charge is 2.55. The Labute approximate surface area is 123 Å². The third-order valence-electron chi connectivity index (χ3n) is 5.17. The predicted octanol–water partition coefficient (Wildman–Crippen LogP) is 3.17. The van der Waals surface area contributed by atoms with Gasteiger partial charge in [-0.2, -0.15) is 0 Å². The molecule has 0 aliphatic carbocycles. The van der Waals surface area contributed by atoms with Gasteiger partial charge in [0.1, 0.15) is 8.07 Å². The van der Waals surface area contributed by atoms with Crippen molar-refractivity contribution in [2.24, 2.45) is 0 Å². The minimum Gasteiger partial charge on any atom is -0.400 e. The molecule has 0 saturated carbocycles. The molecule has 1 fully saturated rings. The first-order valence-corrected chi connectivity index (χ1v) is 10.3. The van der Waals surface area contributed by atoms with Gasteiger partial charge in [0.15, 0.2) is 0 Å². The van der Waals surface area contributed by atoms with Crippen LogP contribution in [-0.2, 0) is 9.31 Å². The van der Waals surface area contributed by atoms with Crippen LogP contribution in [0.25, 0.3) is 6.08 Å². The summed E-state index contributed by atoms with van der Waals surface area (Å²) in [5.74, 6) is 0. The Hall–Kier alpha value is -0.838. The van der Waals surface area contributed by atoms with E-state index in [0.29, 0.717) is 0 Å². The van der Waals surface area contributed by atoms with Crippen LogP contribution in [0.2, 0.25) is 13.1 Å². The quantitative estimate of drug-likeness (QED) is 0.738. The summed E-state index contributed by atoms with van der Waals surface area (Å²) in [4.78, 5) is 0. The van der Waals surface area contributed by atoms with Crippen molar-refractivity contribution >= 4 is 26.5 Å². The van der Waals surface area contributed by atoms with Crippen LogP contribution in [0.15, 0.2) is 29.4 Å². The van der Waals surface area contributed by atoms with E-state index in [1.807, 2.05) is 0 Å². The summed E-state index contributed by atoms with van der Waals surface area (Å²) >= 11 is 0. The van der Waals surface area contributed by atoms with Crippen molar-refractivity contribution in [3.8, 4) is 0 Å². The zero-order valence-corrected chi connectivity index (χ0v) is 14.3. The first kappa shape index (κ1) is 14.1. The largest absolute Gasteiger partial charge is 0.486 e. The number of fused-ring (bicyclic) bond motifs is 1. The molecule has 0 N–H and O–H groups in total. The summed E-state index contributed by atoms with van der Waals surface area (Å²) in [6.45, 7) is 13.2. The zero-order chi connectivity index (χ0) is 14.8. The molecule has 0 unspecified atom stereocenters. The molecule has 0 spiro atoms. The van der Waals surface area contributed by atoms with Crippen molar-refractivity contribution in [1.82, 2.24) is 0 Å². The fraction of sp³-hybridized carbons (Fsp3) is 0.500. The Morgan fingerprint density at radius 3 is 2.05 bits per heavy atom. The van der Waals surface area contributed by atoms with Crippen molar-refractivity contribution in [1.29, 1.82) is 0 Å². The molecule has 3 rings (SSSR count). The molecule has 0 bridgehead atoms. The number of hydrogen-bond acceptors (Lipinski definition) is 2. The molecule has 0 radical (unpaired) electrons. The van der Waals surface area contributed by atoms with Gasteiger partial charge in [0.2, 0.25) is 0 Å². The topological polar surface area (TPSA) is 18.5 Å². The molecule has 0 atom stereocenters. The molecule has 2 aliphatic rings. The van der Waals surface area contributed by atoms with Crippen LogP contribution in [0, 0.1) is 0 Å². The summed E-state index contributed by atoms with van der Waals surface area (Å²) in [6, 6.07) is 8.69. The maximum Gasteiger partial charge on any atom is 0.486 e. The number of benzene rings is 1. The van der Waals surface area contributed by atoms with Gasteiger partial charge in [-0.05, 0) is 43.5 Å². The van der Waals surface area contributed by atoms with E-state index < -0.39 is 8.07 Å². The van der Waals surface area contributed by atoms with Crippen LogP contribution in [0.3, 0.4) is 0 Å². The molecule has 1 saturated heterocycles. The Morgan fingerprint density at radius 2 is 1.50 bits per heavy atom. The van der Waals surface area contributed by atoms with Crippen LogP contribution in [0.4, 0.5) is 0 Å². The van der Waals surface area contributed by atoms with Gasteiger partial charge in [-0.25, -0.2) is 0 Å². The van der Waals surface area contributed by atoms with Crippen LogP contribution >= 0.6 is 0 Å². The van der Waals surface area contributed by atoms with E-state index >= 15 is 0 Å². The van der Waals surface area contributed by atoms with Crippen molar-refractivity contribution in [3.05, 3.63) is 34.9 Å². The van der Waals surface area contributed by atoms with Crippen LogP contribution in [0.1, 0.15) is 33.3 Å². The SMILES string of the molecule is CC1(C)OB(C2=Cc3ccccc3[Si]2(C)C)OC1(C)C. The second-order valence-corrected chi connectivity index (χ2v) is 11.8. The smallest absolute Gasteiger partial charge is 0.400 e. The molecule has 20 heavy (non-hydrogen) atoms. The Kier molecular flexibility index (Phi) is 2.89. The minimum absolute atomic E-state index is 0.200. The van der Waals surface area contributed by atoms with E-state index in [-0.39, 0.29) is 18.3 Å². The summed E-state index contributed by atoms with van der Waals surface area (Å²) in [6.07, 6.45) is 2.30. The van der Waals surface area contributed by atoms with Gasteiger partial charge in [0, 0.05) is 0 Å².